The van der Waals surface area contributed by atoms with Gasteiger partial charge in [-0.1, -0.05) is 24.3 Å². The second kappa shape index (κ2) is 6.64. The summed E-state index contributed by atoms with van der Waals surface area (Å²) in [5.41, 5.74) is 1.68. The second-order valence-electron chi connectivity index (χ2n) is 5.07. The van der Waals surface area contributed by atoms with Crippen LogP contribution in [0.4, 0.5) is 5.82 Å². The number of fused-ring (bicyclic) bond motifs is 1. The molecule has 2 aromatic heterocycles. The molecule has 0 radical (unpaired) electrons. The van der Waals surface area contributed by atoms with E-state index in [1.807, 2.05) is 19.1 Å². The molecule has 0 aliphatic heterocycles. The van der Waals surface area contributed by atoms with Gasteiger partial charge in [0.1, 0.15) is 16.7 Å². The van der Waals surface area contributed by atoms with E-state index in [-0.39, 0.29) is 5.56 Å². The average Bonchev–Trinajstić information content (AvgIpc) is 2.55. The van der Waals surface area contributed by atoms with Gasteiger partial charge in [-0.15, -0.1) is 0 Å². The fourth-order valence-corrected chi connectivity index (χ4v) is 2.35. The van der Waals surface area contributed by atoms with Gasteiger partial charge < -0.3 is 5.32 Å². The lowest BCUT2D eigenvalue weighted by atomic mass is 10.2. The predicted octanol–water partition coefficient (Wildman–Crippen LogP) is 3.54. The van der Waals surface area contributed by atoms with E-state index in [4.69, 9.17) is 11.6 Å². The van der Waals surface area contributed by atoms with Crippen molar-refractivity contribution in [1.82, 2.24) is 20.2 Å². The Bertz CT molecular complexity index is 992. The first-order valence-corrected chi connectivity index (χ1v) is 7.54. The first-order valence-electron chi connectivity index (χ1n) is 7.16. The number of hydrogen-bond acceptors (Lipinski definition) is 5. The number of benzene rings is 1. The summed E-state index contributed by atoms with van der Waals surface area (Å²) in [5, 5.41) is 10.3. The van der Waals surface area contributed by atoms with Crippen molar-refractivity contribution in [3.8, 4) is 11.4 Å². The van der Waals surface area contributed by atoms with E-state index in [1.54, 1.807) is 24.3 Å². The predicted molar refractivity (Wildman–Crippen MR) is 96.0 cm³/mol. The molecular formula is C17H14ClN5O. The zero-order chi connectivity index (χ0) is 17.1. The summed E-state index contributed by atoms with van der Waals surface area (Å²) < 4.78 is 0. The van der Waals surface area contributed by atoms with Crippen LogP contribution in [0.25, 0.3) is 22.3 Å². The maximum atomic E-state index is 12.1. The van der Waals surface area contributed by atoms with Crippen molar-refractivity contribution in [2.75, 3.05) is 5.32 Å². The number of rotatable bonds is 4. The third-order valence-electron chi connectivity index (χ3n) is 3.30. The Morgan fingerprint density at radius 2 is 2.04 bits per heavy atom. The molecule has 2 N–H and O–H groups in total. The maximum absolute atomic E-state index is 12.1. The van der Waals surface area contributed by atoms with E-state index in [0.29, 0.717) is 27.6 Å². The minimum atomic E-state index is -0.357. The second-order valence-corrected chi connectivity index (χ2v) is 5.51. The van der Waals surface area contributed by atoms with Gasteiger partial charge in [0.2, 0.25) is 0 Å². The van der Waals surface area contributed by atoms with Crippen molar-refractivity contribution in [2.24, 2.45) is 0 Å². The van der Waals surface area contributed by atoms with Crippen LogP contribution < -0.4 is 10.9 Å². The van der Waals surface area contributed by atoms with E-state index in [1.165, 1.54) is 6.20 Å². The number of allylic oxidation sites excluding steroid dienone is 3. The summed E-state index contributed by atoms with van der Waals surface area (Å²) in [4.78, 5) is 21.1. The molecule has 0 saturated heterocycles. The summed E-state index contributed by atoms with van der Waals surface area (Å²) in [6, 6.07) is 7.16. The van der Waals surface area contributed by atoms with Crippen LogP contribution in [0.1, 0.15) is 6.92 Å². The van der Waals surface area contributed by atoms with Gasteiger partial charge in [-0.05, 0) is 37.3 Å². The average molecular weight is 340 g/mol. The molecule has 0 atom stereocenters. The normalized spacial score (nSPS) is 11.5. The Kier molecular flexibility index (Phi) is 4.39. The quantitative estimate of drug-likeness (QED) is 0.710. The van der Waals surface area contributed by atoms with E-state index in [2.05, 4.69) is 32.1 Å². The molecule has 0 fully saturated rings. The van der Waals surface area contributed by atoms with Crippen molar-refractivity contribution >= 4 is 28.3 Å². The molecule has 7 heteroatoms. The van der Waals surface area contributed by atoms with Crippen LogP contribution in [0.5, 0.6) is 0 Å². The van der Waals surface area contributed by atoms with Gasteiger partial charge in [0.05, 0.1) is 6.20 Å². The molecule has 0 aliphatic rings. The number of nitrogens with zero attached hydrogens (tertiary/aromatic N) is 3. The first-order chi connectivity index (χ1) is 11.6. The number of aromatic nitrogens is 4. The molecular weight excluding hydrogens is 326 g/mol. The number of hydrogen-bond donors (Lipinski definition) is 2. The molecule has 24 heavy (non-hydrogen) atoms. The number of halogens is 1. The van der Waals surface area contributed by atoms with Crippen molar-refractivity contribution < 1.29 is 0 Å². The summed E-state index contributed by atoms with van der Waals surface area (Å²) >= 11 is 5.92. The fourth-order valence-electron chi connectivity index (χ4n) is 2.23. The zero-order valence-electron chi connectivity index (χ0n) is 12.9. The minimum Gasteiger partial charge on any atom is -0.343 e. The molecule has 3 rings (SSSR count). The molecule has 1 aromatic carbocycles. The highest BCUT2D eigenvalue weighted by molar-refractivity contribution is 6.30. The largest absolute Gasteiger partial charge is 0.343 e. The van der Waals surface area contributed by atoms with Crippen molar-refractivity contribution in [3.05, 3.63) is 70.3 Å². The van der Waals surface area contributed by atoms with Crippen LogP contribution in [0.15, 0.2) is 59.7 Å². The summed E-state index contributed by atoms with van der Waals surface area (Å²) in [6.07, 6.45) is 4.93. The molecule has 6 nitrogen and oxygen atoms in total. The van der Waals surface area contributed by atoms with Gasteiger partial charge in [-0.25, -0.2) is 15.1 Å². The van der Waals surface area contributed by atoms with Crippen LogP contribution in [0.2, 0.25) is 5.02 Å². The molecule has 0 spiro atoms. The minimum absolute atomic E-state index is 0.347. The molecule has 0 aliphatic carbocycles. The molecule has 0 bridgehead atoms. The SMILES string of the molecule is C=C/C=C(\C)Nc1nc(-c2ccc(Cl)cc2)nc2cn[nH]c(=O)c12. The Labute approximate surface area is 142 Å². The number of H-pyrrole nitrogens is 1. The van der Waals surface area contributed by atoms with Gasteiger partial charge in [0, 0.05) is 16.3 Å². The van der Waals surface area contributed by atoms with Gasteiger partial charge in [-0.3, -0.25) is 4.79 Å². The fraction of sp³-hybridized carbons (Fsp3) is 0.0588. The van der Waals surface area contributed by atoms with Crippen LogP contribution in [-0.2, 0) is 0 Å². The Balaban J connectivity index is 2.22. The number of aromatic amines is 1. The molecule has 120 valence electrons. The third-order valence-corrected chi connectivity index (χ3v) is 3.55. The molecule has 0 saturated carbocycles. The Morgan fingerprint density at radius 3 is 2.75 bits per heavy atom. The highest BCUT2D eigenvalue weighted by Gasteiger charge is 2.13. The first kappa shape index (κ1) is 15.9. The lowest BCUT2D eigenvalue weighted by Crippen LogP contribution is -2.13. The maximum Gasteiger partial charge on any atom is 0.277 e. The summed E-state index contributed by atoms with van der Waals surface area (Å²) in [6.45, 7) is 5.51. The number of nitrogens with one attached hydrogen (secondary N) is 2. The molecule has 0 unspecified atom stereocenters. The topological polar surface area (TPSA) is 83.6 Å². The van der Waals surface area contributed by atoms with Gasteiger partial charge >= 0.3 is 0 Å². The van der Waals surface area contributed by atoms with Crippen LogP contribution >= 0.6 is 11.6 Å². The van der Waals surface area contributed by atoms with Crippen LogP contribution in [-0.4, -0.2) is 20.2 Å². The Hall–Kier alpha value is -2.99. The summed E-state index contributed by atoms with van der Waals surface area (Å²) in [7, 11) is 0. The van der Waals surface area contributed by atoms with Crippen molar-refractivity contribution in [3.63, 3.8) is 0 Å². The molecule has 3 aromatic rings. The van der Waals surface area contributed by atoms with Gasteiger partial charge in [0.25, 0.3) is 5.56 Å². The monoisotopic (exact) mass is 339 g/mol. The van der Waals surface area contributed by atoms with Crippen molar-refractivity contribution in [2.45, 2.75) is 6.92 Å². The highest BCUT2D eigenvalue weighted by Crippen LogP contribution is 2.24. The van der Waals surface area contributed by atoms with E-state index < -0.39 is 0 Å². The third kappa shape index (κ3) is 3.18. The zero-order valence-corrected chi connectivity index (χ0v) is 13.6. The highest BCUT2D eigenvalue weighted by atomic mass is 35.5. The number of anilines is 1. The standard InChI is InChI=1S/C17H14ClN5O/c1-3-4-10(2)20-16-14-13(9-19-23-17(14)24)21-15(22-16)11-5-7-12(18)8-6-11/h3-9H,1H2,2H3,(H,23,24)(H,20,21,22)/b10-4+. The summed E-state index contributed by atoms with van der Waals surface area (Å²) in [5.74, 6) is 0.879. The Morgan fingerprint density at radius 1 is 1.29 bits per heavy atom. The van der Waals surface area contributed by atoms with Crippen LogP contribution in [0, 0.1) is 0 Å². The lowest BCUT2D eigenvalue weighted by molar-refractivity contribution is 1.00. The van der Waals surface area contributed by atoms with E-state index >= 15 is 0 Å². The van der Waals surface area contributed by atoms with E-state index in [9.17, 15) is 4.79 Å². The van der Waals surface area contributed by atoms with Crippen molar-refractivity contribution in [1.29, 1.82) is 0 Å². The lowest BCUT2D eigenvalue weighted by Gasteiger charge is -2.10. The van der Waals surface area contributed by atoms with Crippen LogP contribution in [0.3, 0.4) is 0 Å². The molecule has 0 amide bonds. The molecule has 2 heterocycles. The van der Waals surface area contributed by atoms with E-state index in [0.717, 1.165) is 11.3 Å². The van der Waals surface area contributed by atoms with Gasteiger partial charge in [-0.2, -0.15) is 5.10 Å². The smallest absolute Gasteiger partial charge is 0.277 e. The van der Waals surface area contributed by atoms with Gasteiger partial charge in [0.15, 0.2) is 5.82 Å².